The third kappa shape index (κ3) is 30.5. The predicted octanol–water partition coefficient (Wildman–Crippen LogP) is -0.214. The van der Waals surface area contributed by atoms with Gasteiger partial charge in [-0.15, -0.1) is 11.8 Å². The highest BCUT2D eigenvalue weighted by Gasteiger charge is 2.47. The van der Waals surface area contributed by atoms with Gasteiger partial charge in [-0.25, -0.2) is 4.39 Å². The van der Waals surface area contributed by atoms with Crippen LogP contribution in [0.5, 0.6) is 0 Å². The number of aromatic nitrogens is 2. The average molecular weight is 1940 g/mol. The van der Waals surface area contributed by atoms with E-state index < -0.39 is 271 Å². The first-order chi connectivity index (χ1) is 65.8. The van der Waals surface area contributed by atoms with Crippen LogP contribution in [0.25, 0.3) is 21.8 Å². The monoisotopic (exact) mass is 1940 g/mol. The predicted molar refractivity (Wildman–Crippen MR) is 508 cm³/mol. The van der Waals surface area contributed by atoms with Crippen LogP contribution in [-0.2, 0) is 106 Å². The van der Waals surface area contributed by atoms with Crippen LogP contribution >= 0.6 is 11.8 Å². The molecule has 6 heterocycles. The van der Waals surface area contributed by atoms with Crippen LogP contribution in [-0.4, -0.2) is 306 Å². The molecule has 138 heavy (non-hydrogen) atoms. The molecule has 15 amide bonds. The number of rotatable bonds is 29. The number of amides is 15. The minimum absolute atomic E-state index is 0.00651. The van der Waals surface area contributed by atoms with Gasteiger partial charge in [0.15, 0.2) is 17.5 Å². The highest BCUT2D eigenvalue weighted by Crippen LogP contribution is 2.29. The summed E-state index contributed by atoms with van der Waals surface area (Å²) in [6, 6.07) is -1.28. The number of aromatic amines is 2. The minimum atomic E-state index is -1.82. The zero-order valence-electron chi connectivity index (χ0n) is 78.4. The number of likely N-dealkylation sites (N-methyl/N-ethyl adjacent to an activating group) is 3. The molecule has 0 unspecified atom stereocenters. The molecular formula is C94H129FN22O20S. The van der Waals surface area contributed by atoms with Crippen LogP contribution in [0.3, 0.4) is 0 Å². The highest BCUT2D eigenvalue weighted by molar-refractivity contribution is 8.00. The Morgan fingerprint density at radius 3 is 1.75 bits per heavy atom. The number of hydrogen-bond donors (Lipinski definition) is 18. The Labute approximate surface area is 801 Å². The van der Waals surface area contributed by atoms with Crippen molar-refractivity contribution in [2.24, 2.45) is 33.8 Å². The number of H-pyrrole nitrogens is 2. The molecule has 3 saturated heterocycles. The zero-order valence-corrected chi connectivity index (χ0v) is 79.2. The number of carbonyl (C=O) groups is 18. The van der Waals surface area contributed by atoms with Gasteiger partial charge in [-0.05, 0) is 118 Å². The van der Waals surface area contributed by atoms with Crippen molar-refractivity contribution in [1.82, 2.24) is 82.3 Å². The number of aliphatic hydroxyl groups excluding tert-OH is 1. The van der Waals surface area contributed by atoms with E-state index in [2.05, 4.69) is 62.8 Å². The van der Waals surface area contributed by atoms with Crippen molar-refractivity contribution in [3.05, 3.63) is 119 Å². The molecule has 0 saturated carbocycles. The van der Waals surface area contributed by atoms with E-state index >= 15 is 43.2 Å². The Bertz CT molecular complexity index is 5320. The molecule has 4 aliphatic rings. The summed E-state index contributed by atoms with van der Waals surface area (Å²) >= 11 is 0.779. The van der Waals surface area contributed by atoms with Gasteiger partial charge in [0.25, 0.3) is 0 Å². The summed E-state index contributed by atoms with van der Waals surface area (Å²) in [6.45, 7) is 4.00. The molecule has 44 heteroatoms. The molecule has 0 aliphatic carbocycles. The zero-order chi connectivity index (χ0) is 101. The van der Waals surface area contributed by atoms with Gasteiger partial charge in [-0.2, -0.15) is 0 Å². The van der Waals surface area contributed by atoms with E-state index in [1.54, 1.807) is 60.9 Å². The van der Waals surface area contributed by atoms with E-state index in [1.807, 2.05) is 13.8 Å². The second-order valence-corrected chi connectivity index (χ2v) is 36.5. The third-order valence-electron chi connectivity index (χ3n) is 25.3. The number of aliphatic hydroxyl groups is 1. The summed E-state index contributed by atoms with van der Waals surface area (Å²) in [5.74, 6) is -20.5. The van der Waals surface area contributed by atoms with Crippen LogP contribution in [0.4, 0.5) is 4.39 Å². The molecule has 4 aliphatic heterocycles. The lowest BCUT2D eigenvalue weighted by atomic mass is 9.91. The molecule has 3 aromatic carbocycles. The van der Waals surface area contributed by atoms with Crippen molar-refractivity contribution in [2.75, 3.05) is 58.8 Å². The number of guanidine groups is 1. The number of thioether (sulfide) groups is 1. The molecule has 9 rings (SSSR count). The number of unbranched alkanes of at least 4 members (excludes halogenated alkanes) is 2. The van der Waals surface area contributed by atoms with Crippen molar-refractivity contribution >= 4 is 152 Å². The molecule has 0 radical (unpaired) electrons. The first kappa shape index (κ1) is 108. The van der Waals surface area contributed by atoms with Gasteiger partial charge >= 0.3 is 5.97 Å². The molecule has 5 aromatic rings. The van der Waals surface area contributed by atoms with E-state index in [0.717, 1.165) is 38.6 Å². The van der Waals surface area contributed by atoms with E-state index in [1.165, 1.54) is 62.4 Å². The van der Waals surface area contributed by atoms with Crippen molar-refractivity contribution in [2.45, 2.75) is 253 Å². The second-order valence-electron chi connectivity index (χ2n) is 35.4. The molecule has 22 N–H and O–H groups in total. The lowest BCUT2D eigenvalue weighted by molar-refractivity contribution is -0.149. The fourth-order valence-electron chi connectivity index (χ4n) is 17.4. The van der Waals surface area contributed by atoms with Gasteiger partial charge in [-0.3, -0.25) is 96.7 Å². The van der Waals surface area contributed by atoms with Crippen LogP contribution in [0, 0.1) is 17.1 Å². The van der Waals surface area contributed by atoms with Gasteiger partial charge in [-0.1, -0.05) is 88.1 Å². The lowest BCUT2D eigenvalue weighted by Gasteiger charge is -2.36. The summed E-state index contributed by atoms with van der Waals surface area (Å²) in [5.41, 5.74) is 26.3. The van der Waals surface area contributed by atoms with E-state index in [-0.39, 0.29) is 96.7 Å². The number of benzene rings is 3. The maximum Gasteiger partial charge on any atom is 0.303 e. The third-order valence-corrected chi connectivity index (χ3v) is 26.3. The van der Waals surface area contributed by atoms with Crippen LogP contribution < -0.4 is 70.8 Å². The number of primary amides is 2. The Morgan fingerprint density at radius 1 is 0.565 bits per heavy atom. The number of fused-ring (bicyclic) bond motifs is 4. The van der Waals surface area contributed by atoms with E-state index in [0.29, 0.717) is 69.8 Å². The fourth-order valence-corrected chi connectivity index (χ4v) is 18.3. The maximum atomic E-state index is 15.9. The number of nitrogens with one attached hydrogen (secondary N) is 12. The van der Waals surface area contributed by atoms with Crippen molar-refractivity contribution in [3.63, 3.8) is 0 Å². The molecule has 3 fully saturated rings. The number of nitrogens with zero attached hydrogens (tertiary/aromatic N) is 6. The molecule has 0 bridgehead atoms. The number of para-hydroxylation sites is 2. The highest BCUT2D eigenvalue weighted by atomic mass is 32.2. The largest absolute Gasteiger partial charge is 0.481 e. The Balaban J connectivity index is 1.11. The number of carbonyl (C=O) groups excluding carboxylic acids is 17. The van der Waals surface area contributed by atoms with Crippen molar-refractivity contribution < 1.29 is 101 Å². The topological polar surface area (TPSA) is 644 Å². The van der Waals surface area contributed by atoms with Gasteiger partial charge in [0.2, 0.25) is 88.6 Å². The molecule has 42 nitrogen and oxygen atoms in total. The number of aliphatic carboxylic acids is 1. The van der Waals surface area contributed by atoms with Crippen LogP contribution in [0.1, 0.15) is 166 Å². The fraction of sp³-hybridized carbons (Fsp3) is 0.532. The maximum absolute atomic E-state index is 15.9. The number of carboxylic acid groups (broad SMARTS) is 1. The molecule has 748 valence electrons. The SMILES string of the molecule is CCCC[C@H]1C(=O)N(C)[C@@H](CCCC)C(=O)N[C@@H](CCCNC(=N)N)C(=O)N[C@H](C(=O)CCC(N)=O)CSCC(=O)N[C@@H](Cc2ccc(F)cc2)C(=O)N(C)[C@@H](C)C(=O)N[C@@H](CC(N)=O)C(=O)N2CCC[C@H]2C(=O)N[C@@H](CC2=CN=CC2)C(=O)N[C@@H](CCC(=O)O)C(=O)N2C[C@H](O)C[C@H]2C(=O)N[C@@H](Cc2c[nH]c3ccccc23)C(=O)C[C@@H](CCN)C(=O)N[C@@H](Cc2c[nH]c3ccccc23)C(=O)N1C. The summed E-state index contributed by atoms with van der Waals surface area (Å²) < 4.78 is 14.4. The lowest BCUT2D eigenvalue weighted by Crippen LogP contribution is -2.60. The van der Waals surface area contributed by atoms with Crippen molar-refractivity contribution in [3.8, 4) is 0 Å². The van der Waals surface area contributed by atoms with E-state index in [9.17, 15) is 57.8 Å². The first-order valence-electron chi connectivity index (χ1n) is 46.5. The van der Waals surface area contributed by atoms with Gasteiger partial charge < -0.3 is 115 Å². The number of nitrogens with two attached hydrogens (primary N) is 4. The summed E-state index contributed by atoms with van der Waals surface area (Å²) in [6.07, 6.45) is 0.875. The number of halogens is 1. The number of aliphatic imine (C=N–C) groups is 1. The first-order valence-corrected chi connectivity index (χ1v) is 47.7. The number of ketones is 2. The molecular weight excluding hydrogens is 1810 g/mol. The van der Waals surface area contributed by atoms with Crippen LogP contribution in [0.15, 0.2) is 102 Å². The minimum Gasteiger partial charge on any atom is -0.481 e. The number of hydrogen-bond acceptors (Lipinski definition) is 23. The average Bonchev–Trinajstić information content (AvgIpc) is 1.70. The van der Waals surface area contributed by atoms with Gasteiger partial charge in [0.05, 0.1) is 30.4 Å². The van der Waals surface area contributed by atoms with E-state index in [4.69, 9.17) is 28.3 Å². The van der Waals surface area contributed by atoms with Gasteiger partial charge in [0.1, 0.15) is 72.3 Å². The number of Topliss-reactive ketones (excluding diaryl/α,β-unsaturated/α-hetero) is 2. The Hall–Kier alpha value is -13.5. The Morgan fingerprint density at radius 2 is 1.14 bits per heavy atom. The molecule has 15 atom stereocenters. The summed E-state index contributed by atoms with van der Waals surface area (Å²) in [4.78, 5) is 280. The Kier molecular flexibility index (Phi) is 40.9. The number of carboxylic acids is 1. The quantitative estimate of drug-likeness (QED) is 0.0167. The summed E-state index contributed by atoms with van der Waals surface area (Å²) in [7, 11) is 3.92. The second kappa shape index (κ2) is 52.1. The van der Waals surface area contributed by atoms with Gasteiger partial charge in [0, 0.05) is 157 Å². The van der Waals surface area contributed by atoms with Crippen LogP contribution in [0.2, 0.25) is 0 Å². The molecule has 2 aromatic heterocycles. The summed E-state index contributed by atoms with van der Waals surface area (Å²) in [5, 5.41) is 54.9. The standard InChI is InChI=1S/C94H129FN22O20S/c1-7-9-22-72-86(130)106-64(21-15-36-102-94(99)100)84(128)112-71(76(119)30-31-78(97)121)50-138-51-80(123)105-68(39-53-25-27-58(95)28-26-53)89(133)113(4)52(3)82(126)110-70(45-79(98)122)92(136)116-38-16-24-73(116)87(131)109-67(40-54-34-37-101-46-54)85(129)107-65(29-32-81(124)125)91(135)117-49-59(118)44-75(117)88(132)108-66(41-56-47-103-62-19-13-11-17-60(56)62)77(120)43-55(33-35-96)83(127)111-69(42-57-48-104-63-20-14-12-18-61(57)63)90(134)115(6)74(23-10-8-2)93(137)114(72)5/h11-14,17-20,25-28,37,46-48,52,55,59,64-75,103-104,118H,7-10,15-16,21-24,29-36,38-45,49-51,96H2,1-6H3,(H2,97,121)(H2,98,122)(H,105,123)(H,106,130)(H,107,129)(H,108,132)(H,109,131)(H,110,126)(H,111,127)(H,112,128)(H,124,125)(H4,99,100,102)/t52-,55+,59+,64-,65-,66-,67-,68-,69-,70-,71-,72-,73-,74-,75-/m0/s1. The molecule has 0 spiro atoms. The normalized spacial score (nSPS) is 24.9. The smallest absolute Gasteiger partial charge is 0.303 e. The van der Waals surface area contributed by atoms with Crippen molar-refractivity contribution in [1.29, 1.82) is 5.41 Å².